The second-order valence-electron chi connectivity index (χ2n) is 14.6. The molecule has 0 fully saturated rings. The second-order valence-corrected chi connectivity index (χ2v) is 14.6. The fourth-order valence-corrected chi connectivity index (χ4v) is 8.45. The van der Waals surface area contributed by atoms with Crippen LogP contribution in [0.25, 0.3) is 62.1 Å². The molecule has 0 aliphatic heterocycles. The summed E-state index contributed by atoms with van der Waals surface area (Å²) in [5.41, 5.74) is 18.0. The van der Waals surface area contributed by atoms with E-state index in [0.717, 1.165) is 39.6 Å². The van der Waals surface area contributed by atoms with E-state index in [1.54, 1.807) is 0 Å². The summed E-state index contributed by atoms with van der Waals surface area (Å²) in [5.74, 6) is 0. The predicted octanol–water partition coefficient (Wildman–Crippen LogP) is 14.4. The van der Waals surface area contributed by atoms with Crippen LogP contribution in [0.15, 0.2) is 183 Å². The van der Waals surface area contributed by atoms with Crippen molar-refractivity contribution >= 4 is 40.1 Å². The standard InChI is InChI=1S/C52H42N2/c1-5-15-46-47-21-11-13-23-51(47)54(50(46)6-2)41-30-26-38(27-31-41)39-18-14-19-42(34-39)53(40-28-24-37(25-29-40)36-16-8-7-9-17-36)43-32-33-45-44-20-10-12-22-48(44)52(3,4)49(45)35-43/h5-35H,2H2,1,3-4H3/b15-5-. The highest BCUT2D eigenvalue weighted by Crippen LogP contribution is 2.50. The van der Waals surface area contributed by atoms with Crippen LogP contribution in [0.1, 0.15) is 43.2 Å². The van der Waals surface area contributed by atoms with E-state index in [0.29, 0.717) is 0 Å². The van der Waals surface area contributed by atoms with Crippen LogP contribution in [0.5, 0.6) is 0 Å². The lowest BCUT2D eigenvalue weighted by atomic mass is 9.82. The summed E-state index contributed by atoms with van der Waals surface area (Å²) in [6, 6.07) is 61.8. The molecule has 0 atom stereocenters. The third-order valence-electron chi connectivity index (χ3n) is 11.1. The van der Waals surface area contributed by atoms with E-state index in [-0.39, 0.29) is 5.41 Å². The third-order valence-corrected chi connectivity index (χ3v) is 11.1. The zero-order chi connectivity index (χ0) is 36.8. The summed E-state index contributed by atoms with van der Waals surface area (Å²) < 4.78 is 2.31. The summed E-state index contributed by atoms with van der Waals surface area (Å²) in [6.45, 7) is 11.0. The molecular formula is C52H42N2. The van der Waals surface area contributed by atoms with Crippen LogP contribution in [0.2, 0.25) is 0 Å². The number of para-hydroxylation sites is 1. The maximum Gasteiger partial charge on any atom is 0.0541 e. The maximum absolute atomic E-state index is 4.19. The lowest BCUT2D eigenvalue weighted by Gasteiger charge is -2.28. The summed E-state index contributed by atoms with van der Waals surface area (Å²) in [7, 11) is 0. The third kappa shape index (κ3) is 5.50. The Kier molecular flexibility index (Phi) is 8.24. The van der Waals surface area contributed by atoms with Gasteiger partial charge in [-0.05, 0) is 112 Å². The number of nitrogens with zero attached hydrogens (tertiary/aromatic N) is 2. The minimum Gasteiger partial charge on any atom is -0.310 e. The first-order valence-electron chi connectivity index (χ1n) is 18.8. The number of aromatic nitrogens is 1. The lowest BCUT2D eigenvalue weighted by molar-refractivity contribution is 0.660. The Morgan fingerprint density at radius 3 is 1.93 bits per heavy atom. The average Bonchev–Trinajstić information content (AvgIpc) is 3.66. The molecule has 8 aromatic rings. The topological polar surface area (TPSA) is 8.17 Å². The van der Waals surface area contributed by atoms with Gasteiger partial charge in [-0.2, -0.15) is 0 Å². The number of allylic oxidation sites excluding steroid dienone is 1. The number of benzene rings is 7. The summed E-state index contributed by atoms with van der Waals surface area (Å²) >= 11 is 0. The highest BCUT2D eigenvalue weighted by molar-refractivity contribution is 5.95. The van der Waals surface area contributed by atoms with Gasteiger partial charge in [-0.15, -0.1) is 0 Å². The van der Waals surface area contributed by atoms with Gasteiger partial charge in [0.1, 0.15) is 0 Å². The number of rotatable bonds is 8. The van der Waals surface area contributed by atoms with E-state index in [2.05, 4.69) is 219 Å². The van der Waals surface area contributed by atoms with Gasteiger partial charge in [-0.25, -0.2) is 0 Å². The normalized spacial score (nSPS) is 12.9. The van der Waals surface area contributed by atoms with Crippen molar-refractivity contribution in [3.05, 3.63) is 205 Å². The average molecular weight is 695 g/mol. The van der Waals surface area contributed by atoms with Gasteiger partial charge in [0.25, 0.3) is 0 Å². The quantitative estimate of drug-likeness (QED) is 0.154. The fraction of sp³-hybridized carbons (Fsp3) is 0.0769. The van der Waals surface area contributed by atoms with Gasteiger partial charge >= 0.3 is 0 Å². The fourth-order valence-electron chi connectivity index (χ4n) is 8.45. The van der Waals surface area contributed by atoms with Gasteiger partial charge in [0, 0.05) is 39.1 Å². The van der Waals surface area contributed by atoms with Crippen LogP contribution in [0.3, 0.4) is 0 Å². The largest absolute Gasteiger partial charge is 0.310 e. The Morgan fingerprint density at radius 1 is 0.537 bits per heavy atom. The molecule has 7 aromatic carbocycles. The molecule has 2 nitrogen and oxygen atoms in total. The predicted molar refractivity (Wildman–Crippen MR) is 231 cm³/mol. The van der Waals surface area contributed by atoms with E-state index in [1.807, 2.05) is 6.08 Å². The summed E-state index contributed by atoms with van der Waals surface area (Å²) in [4.78, 5) is 2.40. The van der Waals surface area contributed by atoms with Crippen molar-refractivity contribution in [1.29, 1.82) is 0 Å². The summed E-state index contributed by atoms with van der Waals surface area (Å²) in [6.07, 6.45) is 6.24. The highest BCUT2D eigenvalue weighted by atomic mass is 15.1. The molecule has 260 valence electrons. The van der Waals surface area contributed by atoms with Gasteiger partial charge in [-0.3, -0.25) is 0 Å². The van der Waals surface area contributed by atoms with Crippen LogP contribution in [-0.2, 0) is 5.41 Å². The molecule has 0 unspecified atom stereocenters. The van der Waals surface area contributed by atoms with E-state index in [4.69, 9.17) is 0 Å². The molecule has 2 heteroatoms. The Morgan fingerprint density at radius 2 is 1.15 bits per heavy atom. The maximum atomic E-state index is 4.19. The van der Waals surface area contributed by atoms with Crippen LogP contribution in [0, 0.1) is 0 Å². The van der Waals surface area contributed by atoms with Crippen molar-refractivity contribution in [3.8, 4) is 39.1 Å². The second kappa shape index (κ2) is 13.4. The molecule has 54 heavy (non-hydrogen) atoms. The van der Waals surface area contributed by atoms with Crippen molar-refractivity contribution in [2.45, 2.75) is 26.2 Å². The number of anilines is 3. The first kappa shape index (κ1) is 33.2. The number of fused-ring (bicyclic) bond motifs is 4. The molecule has 0 saturated carbocycles. The molecule has 9 rings (SSSR count). The number of hydrogen-bond acceptors (Lipinski definition) is 1. The van der Waals surface area contributed by atoms with Gasteiger partial charge < -0.3 is 9.47 Å². The highest BCUT2D eigenvalue weighted by Gasteiger charge is 2.35. The molecule has 1 heterocycles. The first-order valence-corrected chi connectivity index (χ1v) is 18.8. The van der Waals surface area contributed by atoms with Gasteiger partial charge in [0.15, 0.2) is 0 Å². The molecule has 0 saturated heterocycles. The SMILES string of the molecule is C=Cc1c(/C=C\C)c2ccccc2n1-c1ccc(-c2cccc(N(c3ccc(-c4ccccc4)cc3)c3ccc4c(c3)C(C)(C)c3ccccc3-4)c2)cc1. The molecule has 0 bridgehead atoms. The van der Waals surface area contributed by atoms with Gasteiger partial charge in [0.2, 0.25) is 0 Å². The smallest absolute Gasteiger partial charge is 0.0541 e. The van der Waals surface area contributed by atoms with E-state index in [9.17, 15) is 0 Å². The van der Waals surface area contributed by atoms with Crippen LogP contribution >= 0.6 is 0 Å². The zero-order valence-electron chi connectivity index (χ0n) is 31.0. The molecule has 0 radical (unpaired) electrons. The zero-order valence-corrected chi connectivity index (χ0v) is 31.0. The van der Waals surface area contributed by atoms with Crippen LogP contribution in [0.4, 0.5) is 17.1 Å². The van der Waals surface area contributed by atoms with E-state index in [1.165, 1.54) is 49.8 Å². The van der Waals surface area contributed by atoms with Crippen molar-refractivity contribution < 1.29 is 0 Å². The number of hydrogen-bond donors (Lipinski definition) is 0. The van der Waals surface area contributed by atoms with Crippen LogP contribution < -0.4 is 4.90 Å². The van der Waals surface area contributed by atoms with E-state index < -0.39 is 0 Å². The van der Waals surface area contributed by atoms with Crippen molar-refractivity contribution in [1.82, 2.24) is 4.57 Å². The molecule has 0 N–H and O–H groups in total. The Balaban J connectivity index is 1.13. The Hall–Kier alpha value is -6.64. The first-order chi connectivity index (χ1) is 26.5. The summed E-state index contributed by atoms with van der Waals surface area (Å²) in [5, 5.41) is 1.22. The molecule has 1 aromatic heterocycles. The molecule has 1 aliphatic rings. The van der Waals surface area contributed by atoms with Gasteiger partial charge in [0.05, 0.1) is 11.2 Å². The molecule has 0 spiro atoms. The van der Waals surface area contributed by atoms with E-state index >= 15 is 0 Å². The van der Waals surface area contributed by atoms with Crippen LogP contribution in [-0.4, -0.2) is 4.57 Å². The molecular weight excluding hydrogens is 653 g/mol. The molecule has 0 amide bonds. The Bertz CT molecular complexity index is 2690. The lowest BCUT2D eigenvalue weighted by Crippen LogP contribution is -2.16. The van der Waals surface area contributed by atoms with Crippen molar-refractivity contribution in [2.75, 3.05) is 4.90 Å². The van der Waals surface area contributed by atoms with Crippen molar-refractivity contribution in [3.63, 3.8) is 0 Å². The minimum atomic E-state index is -0.0987. The molecule has 1 aliphatic carbocycles. The van der Waals surface area contributed by atoms with Gasteiger partial charge in [-0.1, -0.05) is 148 Å². The Labute approximate surface area is 318 Å². The van der Waals surface area contributed by atoms with Crippen molar-refractivity contribution in [2.24, 2.45) is 0 Å². The monoisotopic (exact) mass is 694 g/mol. The minimum absolute atomic E-state index is 0.0987.